The molecule has 0 heterocycles. The van der Waals surface area contributed by atoms with Crippen LogP contribution in [-0.4, -0.2) is 23.4 Å². The summed E-state index contributed by atoms with van der Waals surface area (Å²) in [6.07, 6.45) is 1.02. The smallest absolute Gasteiger partial charge is 0.240 e. The highest BCUT2D eigenvalue weighted by molar-refractivity contribution is 5.85. The maximum Gasteiger partial charge on any atom is 0.240 e. The second-order valence-electron chi connectivity index (χ2n) is 5.84. The van der Waals surface area contributed by atoms with Crippen molar-refractivity contribution in [1.29, 1.82) is 0 Å². The number of hydrogen-bond donors (Lipinski definition) is 1. The quantitative estimate of drug-likeness (QED) is 0.782. The number of carbonyl (C=O) groups is 1. The molecule has 1 unspecified atom stereocenters. The maximum atomic E-state index is 12.8. The van der Waals surface area contributed by atoms with Crippen molar-refractivity contribution in [3.05, 3.63) is 71.8 Å². The van der Waals surface area contributed by atoms with E-state index in [1.54, 1.807) is 0 Å². The number of carbonyl (C=O) groups excluding carboxylic acids is 1. The average molecular weight is 347 g/mol. The van der Waals surface area contributed by atoms with Crippen LogP contribution in [0.3, 0.4) is 0 Å². The highest BCUT2D eigenvalue weighted by Gasteiger charge is 2.20. The van der Waals surface area contributed by atoms with Crippen LogP contribution in [0.1, 0.15) is 31.4 Å². The number of amides is 1. The Morgan fingerprint density at radius 2 is 1.42 bits per heavy atom. The lowest BCUT2D eigenvalue weighted by molar-refractivity contribution is -0.134. The molecule has 0 aliphatic heterocycles. The van der Waals surface area contributed by atoms with Crippen LogP contribution >= 0.6 is 12.4 Å². The van der Waals surface area contributed by atoms with Gasteiger partial charge in [-0.2, -0.15) is 0 Å². The Balaban J connectivity index is 0.00000288. The van der Waals surface area contributed by atoms with E-state index in [1.165, 1.54) is 0 Å². The van der Waals surface area contributed by atoms with Gasteiger partial charge in [-0.1, -0.05) is 67.6 Å². The largest absolute Gasteiger partial charge is 0.333 e. The Morgan fingerprint density at radius 1 is 0.958 bits per heavy atom. The van der Waals surface area contributed by atoms with Crippen molar-refractivity contribution in [2.75, 3.05) is 6.54 Å². The SMILES string of the molecule is CCCNC(C)C(=O)N(Cc1ccccc1)Cc1ccccc1.Cl. The molecule has 2 aromatic carbocycles. The molecule has 1 atom stereocenters. The van der Waals surface area contributed by atoms with E-state index in [4.69, 9.17) is 0 Å². The lowest BCUT2D eigenvalue weighted by atomic mass is 10.1. The summed E-state index contributed by atoms with van der Waals surface area (Å²) in [5, 5.41) is 3.29. The van der Waals surface area contributed by atoms with Gasteiger partial charge in [0.1, 0.15) is 0 Å². The van der Waals surface area contributed by atoms with Crippen molar-refractivity contribution in [3.63, 3.8) is 0 Å². The molecule has 0 aromatic heterocycles. The van der Waals surface area contributed by atoms with E-state index in [0.717, 1.165) is 24.1 Å². The summed E-state index contributed by atoms with van der Waals surface area (Å²) in [4.78, 5) is 14.7. The normalized spacial score (nSPS) is 11.4. The van der Waals surface area contributed by atoms with Crippen LogP contribution in [0, 0.1) is 0 Å². The van der Waals surface area contributed by atoms with E-state index in [9.17, 15) is 4.79 Å². The average Bonchev–Trinajstić information content (AvgIpc) is 2.60. The monoisotopic (exact) mass is 346 g/mol. The van der Waals surface area contributed by atoms with Gasteiger partial charge in [-0.05, 0) is 31.0 Å². The number of nitrogens with zero attached hydrogens (tertiary/aromatic N) is 1. The van der Waals surface area contributed by atoms with Crippen LogP contribution < -0.4 is 5.32 Å². The zero-order chi connectivity index (χ0) is 16.5. The zero-order valence-electron chi connectivity index (χ0n) is 14.4. The summed E-state index contributed by atoms with van der Waals surface area (Å²) in [6, 6.07) is 20.1. The molecule has 0 spiro atoms. The first kappa shape index (κ1) is 20.2. The van der Waals surface area contributed by atoms with Crippen LogP contribution in [0.15, 0.2) is 60.7 Å². The van der Waals surface area contributed by atoms with Gasteiger partial charge in [0.05, 0.1) is 6.04 Å². The predicted molar refractivity (Wildman–Crippen MR) is 102 cm³/mol. The van der Waals surface area contributed by atoms with Crippen LogP contribution in [-0.2, 0) is 17.9 Å². The first-order chi connectivity index (χ1) is 11.2. The molecule has 1 amide bonds. The topological polar surface area (TPSA) is 32.3 Å². The second-order valence-corrected chi connectivity index (χ2v) is 5.84. The summed E-state index contributed by atoms with van der Waals surface area (Å²) in [7, 11) is 0. The Kier molecular flexibility index (Phi) is 9.13. The van der Waals surface area contributed by atoms with Gasteiger partial charge in [0, 0.05) is 13.1 Å². The van der Waals surface area contributed by atoms with Crippen LogP contribution in [0.5, 0.6) is 0 Å². The molecule has 0 aliphatic carbocycles. The van der Waals surface area contributed by atoms with Crippen molar-refractivity contribution < 1.29 is 4.79 Å². The van der Waals surface area contributed by atoms with Gasteiger partial charge in [0.25, 0.3) is 0 Å². The molecule has 4 heteroatoms. The van der Waals surface area contributed by atoms with Crippen LogP contribution in [0.4, 0.5) is 0 Å². The minimum Gasteiger partial charge on any atom is -0.333 e. The van der Waals surface area contributed by atoms with Crippen molar-refractivity contribution in [1.82, 2.24) is 10.2 Å². The summed E-state index contributed by atoms with van der Waals surface area (Å²) < 4.78 is 0. The van der Waals surface area contributed by atoms with Gasteiger partial charge in [0.2, 0.25) is 5.91 Å². The van der Waals surface area contributed by atoms with Crippen molar-refractivity contribution in [2.45, 2.75) is 39.4 Å². The van der Waals surface area contributed by atoms with Crippen molar-refractivity contribution >= 4 is 18.3 Å². The highest BCUT2D eigenvalue weighted by Crippen LogP contribution is 2.11. The summed E-state index contributed by atoms with van der Waals surface area (Å²) in [6.45, 7) is 6.17. The van der Waals surface area contributed by atoms with E-state index in [1.807, 2.05) is 48.2 Å². The van der Waals surface area contributed by atoms with E-state index in [2.05, 4.69) is 36.5 Å². The third-order valence-electron chi connectivity index (χ3n) is 3.82. The number of halogens is 1. The van der Waals surface area contributed by atoms with E-state index >= 15 is 0 Å². The molecule has 24 heavy (non-hydrogen) atoms. The molecule has 2 rings (SSSR count). The minimum atomic E-state index is -0.164. The molecular formula is C20H27ClN2O. The summed E-state index contributed by atoms with van der Waals surface area (Å²) in [5.41, 5.74) is 2.30. The van der Waals surface area contributed by atoms with Gasteiger partial charge < -0.3 is 10.2 Å². The maximum absolute atomic E-state index is 12.8. The molecule has 0 bridgehead atoms. The molecule has 0 saturated heterocycles. The van der Waals surface area contributed by atoms with E-state index < -0.39 is 0 Å². The minimum absolute atomic E-state index is 0. The molecule has 130 valence electrons. The predicted octanol–water partition coefficient (Wildman–Crippen LogP) is 4.03. The van der Waals surface area contributed by atoms with E-state index in [0.29, 0.717) is 13.1 Å². The van der Waals surface area contributed by atoms with Crippen LogP contribution in [0.2, 0.25) is 0 Å². The molecular weight excluding hydrogens is 320 g/mol. The van der Waals surface area contributed by atoms with Gasteiger partial charge in [-0.3, -0.25) is 4.79 Å². The molecule has 3 nitrogen and oxygen atoms in total. The standard InChI is InChI=1S/C20H26N2O.ClH/c1-3-14-21-17(2)20(23)22(15-18-10-6-4-7-11-18)16-19-12-8-5-9-13-19;/h4-13,17,21H,3,14-16H2,1-2H3;1H. The number of benzene rings is 2. The third-order valence-corrected chi connectivity index (χ3v) is 3.82. The molecule has 0 aliphatic rings. The third kappa shape index (κ3) is 6.34. The fourth-order valence-electron chi connectivity index (χ4n) is 2.54. The number of nitrogens with one attached hydrogen (secondary N) is 1. The lowest BCUT2D eigenvalue weighted by Gasteiger charge is -2.26. The fourth-order valence-corrected chi connectivity index (χ4v) is 2.54. The lowest BCUT2D eigenvalue weighted by Crippen LogP contribution is -2.44. The van der Waals surface area contributed by atoms with Gasteiger partial charge in [-0.15, -0.1) is 12.4 Å². The van der Waals surface area contributed by atoms with Crippen LogP contribution in [0.25, 0.3) is 0 Å². The molecule has 0 saturated carbocycles. The Hall–Kier alpha value is -1.84. The Morgan fingerprint density at radius 3 is 1.83 bits per heavy atom. The van der Waals surface area contributed by atoms with E-state index in [-0.39, 0.29) is 24.4 Å². The van der Waals surface area contributed by atoms with Gasteiger partial charge in [-0.25, -0.2) is 0 Å². The first-order valence-electron chi connectivity index (χ1n) is 8.30. The molecule has 1 N–H and O–H groups in total. The second kappa shape index (κ2) is 10.8. The summed E-state index contributed by atoms with van der Waals surface area (Å²) in [5.74, 6) is 0.145. The molecule has 2 aromatic rings. The van der Waals surface area contributed by atoms with Gasteiger partial charge >= 0.3 is 0 Å². The molecule has 0 fully saturated rings. The van der Waals surface area contributed by atoms with Gasteiger partial charge in [0.15, 0.2) is 0 Å². The zero-order valence-corrected chi connectivity index (χ0v) is 15.3. The fraction of sp³-hybridized carbons (Fsp3) is 0.350. The Bertz CT molecular complexity index is 548. The van der Waals surface area contributed by atoms with Crippen molar-refractivity contribution in [2.24, 2.45) is 0 Å². The molecule has 0 radical (unpaired) electrons. The Labute approximate surface area is 151 Å². The van der Waals surface area contributed by atoms with Crippen molar-refractivity contribution in [3.8, 4) is 0 Å². The number of hydrogen-bond acceptors (Lipinski definition) is 2. The first-order valence-corrected chi connectivity index (χ1v) is 8.30. The summed E-state index contributed by atoms with van der Waals surface area (Å²) >= 11 is 0. The number of rotatable bonds is 8. The highest BCUT2D eigenvalue weighted by atomic mass is 35.5.